The van der Waals surface area contributed by atoms with Gasteiger partial charge in [0.1, 0.15) is 11.6 Å². The molecule has 0 spiro atoms. The summed E-state index contributed by atoms with van der Waals surface area (Å²) in [4.78, 5) is 60.7. The van der Waals surface area contributed by atoms with Gasteiger partial charge in [0, 0.05) is 17.6 Å². The first-order valence-electron chi connectivity index (χ1n) is 8.23. The number of fused-ring (bicyclic) bond motifs is 1. The maximum absolute atomic E-state index is 12.7. The second-order valence-electron chi connectivity index (χ2n) is 5.77. The summed E-state index contributed by atoms with van der Waals surface area (Å²) in [6, 6.07) is 2.34. The molecule has 3 amide bonds. The Bertz CT molecular complexity index is 1050. The molecule has 0 aliphatic carbocycles. The van der Waals surface area contributed by atoms with Gasteiger partial charge in [-0.15, -0.1) is 5.10 Å². The summed E-state index contributed by atoms with van der Waals surface area (Å²) in [7, 11) is 0. The van der Waals surface area contributed by atoms with Gasteiger partial charge in [-0.05, 0) is 19.9 Å². The second kappa shape index (κ2) is 7.71. The van der Waals surface area contributed by atoms with E-state index in [-0.39, 0.29) is 28.4 Å². The van der Waals surface area contributed by atoms with Crippen molar-refractivity contribution in [3.8, 4) is 0 Å². The molecule has 29 heavy (non-hydrogen) atoms. The molecule has 13 heteroatoms. The van der Waals surface area contributed by atoms with Crippen LogP contribution in [0, 0.1) is 10.1 Å². The standard InChI is InChI=1S/C16H13N5O7S/c1-3-28-16(25)11-13(29-19-18-11)17-12(22)7(2)20-14(23)8-5-4-6-9(21(26)27)10(8)15(20)24/h4-7H,3H2,1-2H3,(H,17,22). The predicted octanol–water partition coefficient (Wildman–Crippen LogP) is 1.25. The van der Waals surface area contributed by atoms with Crippen LogP contribution in [0.5, 0.6) is 0 Å². The number of benzene rings is 1. The zero-order chi connectivity index (χ0) is 21.3. The van der Waals surface area contributed by atoms with E-state index in [0.29, 0.717) is 16.4 Å². The maximum atomic E-state index is 12.7. The number of nitro groups is 1. The monoisotopic (exact) mass is 419 g/mol. The van der Waals surface area contributed by atoms with Crippen molar-refractivity contribution in [1.29, 1.82) is 0 Å². The molecule has 0 saturated carbocycles. The van der Waals surface area contributed by atoms with Gasteiger partial charge < -0.3 is 10.1 Å². The minimum atomic E-state index is -1.32. The number of carbonyl (C=O) groups is 4. The maximum Gasteiger partial charge on any atom is 0.362 e. The Balaban J connectivity index is 1.85. The third kappa shape index (κ3) is 3.42. The normalized spacial score (nSPS) is 13.8. The van der Waals surface area contributed by atoms with Gasteiger partial charge in [-0.1, -0.05) is 10.6 Å². The second-order valence-corrected chi connectivity index (χ2v) is 6.53. The highest BCUT2D eigenvalue weighted by atomic mass is 32.1. The third-order valence-corrected chi connectivity index (χ3v) is 4.72. The fourth-order valence-corrected chi connectivity index (χ4v) is 3.29. The van der Waals surface area contributed by atoms with Crippen molar-refractivity contribution >= 4 is 45.9 Å². The van der Waals surface area contributed by atoms with Crippen molar-refractivity contribution in [2.45, 2.75) is 19.9 Å². The summed E-state index contributed by atoms with van der Waals surface area (Å²) in [5.74, 6) is -3.38. The smallest absolute Gasteiger partial charge is 0.362 e. The van der Waals surface area contributed by atoms with Crippen molar-refractivity contribution in [2.24, 2.45) is 0 Å². The van der Waals surface area contributed by atoms with Crippen LogP contribution in [-0.4, -0.2) is 55.7 Å². The molecule has 0 bridgehead atoms. The van der Waals surface area contributed by atoms with Crippen LogP contribution >= 0.6 is 11.5 Å². The van der Waals surface area contributed by atoms with Crippen LogP contribution in [0.15, 0.2) is 18.2 Å². The summed E-state index contributed by atoms with van der Waals surface area (Å²) in [6.07, 6.45) is 0. The molecule has 1 aromatic heterocycles. The zero-order valence-electron chi connectivity index (χ0n) is 15.1. The number of hydrogen-bond acceptors (Lipinski definition) is 10. The van der Waals surface area contributed by atoms with E-state index in [2.05, 4.69) is 14.9 Å². The van der Waals surface area contributed by atoms with Crippen LogP contribution in [0.2, 0.25) is 0 Å². The van der Waals surface area contributed by atoms with Gasteiger partial charge in [-0.3, -0.25) is 29.4 Å². The molecule has 0 radical (unpaired) electrons. The number of esters is 1. The van der Waals surface area contributed by atoms with Crippen molar-refractivity contribution in [3.63, 3.8) is 0 Å². The SMILES string of the molecule is CCOC(=O)c1nnsc1NC(=O)C(C)N1C(=O)c2cccc([N+](=O)[O-])c2C1=O. The molecule has 3 rings (SSSR count). The summed E-state index contributed by atoms with van der Waals surface area (Å²) in [6.45, 7) is 2.97. The number of hydrogen-bond donors (Lipinski definition) is 1. The Labute approximate surface area is 166 Å². The van der Waals surface area contributed by atoms with E-state index in [1.807, 2.05) is 0 Å². The zero-order valence-corrected chi connectivity index (χ0v) is 15.9. The molecule has 1 aliphatic rings. The highest BCUT2D eigenvalue weighted by molar-refractivity contribution is 7.10. The lowest BCUT2D eigenvalue weighted by atomic mass is 10.1. The first-order valence-corrected chi connectivity index (χ1v) is 9.00. The van der Waals surface area contributed by atoms with Gasteiger partial charge in [0.25, 0.3) is 17.5 Å². The van der Waals surface area contributed by atoms with E-state index in [9.17, 15) is 29.3 Å². The number of rotatable bonds is 6. The van der Waals surface area contributed by atoms with E-state index < -0.39 is 40.3 Å². The first-order chi connectivity index (χ1) is 13.8. The van der Waals surface area contributed by atoms with Crippen molar-refractivity contribution < 1.29 is 28.8 Å². The number of carbonyl (C=O) groups excluding carboxylic acids is 4. The summed E-state index contributed by atoms with van der Waals surface area (Å²) < 4.78 is 8.39. The molecule has 1 aliphatic heterocycles. The van der Waals surface area contributed by atoms with Crippen molar-refractivity contribution in [3.05, 3.63) is 45.1 Å². The Morgan fingerprint density at radius 1 is 1.34 bits per heavy atom. The molecule has 0 saturated heterocycles. The third-order valence-electron chi connectivity index (χ3n) is 4.08. The van der Waals surface area contributed by atoms with Gasteiger partial charge >= 0.3 is 5.97 Å². The number of anilines is 1. The van der Waals surface area contributed by atoms with Crippen LogP contribution < -0.4 is 5.32 Å². The topological polar surface area (TPSA) is 162 Å². The minimum absolute atomic E-state index is 0.0112. The Morgan fingerprint density at radius 2 is 2.07 bits per heavy atom. The molecule has 1 unspecified atom stereocenters. The summed E-state index contributed by atoms with van der Waals surface area (Å²) in [5, 5.41) is 17.1. The van der Waals surface area contributed by atoms with E-state index in [1.54, 1.807) is 6.92 Å². The number of ether oxygens (including phenoxy) is 1. The van der Waals surface area contributed by atoms with Gasteiger partial charge in [0.2, 0.25) is 11.6 Å². The summed E-state index contributed by atoms with van der Waals surface area (Å²) in [5.41, 5.74) is -1.26. The Hall–Kier alpha value is -3.74. The Morgan fingerprint density at radius 3 is 2.72 bits per heavy atom. The number of amides is 3. The van der Waals surface area contributed by atoms with Crippen LogP contribution in [-0.2, 0) is 9.53 Å². The van der Waals surface area contributed by atoms with E-state index in [4.69, 9.17) is 4.74 Å². The van der Waals surface area contributed by atoms with Crippen molar-refractivity contribution in [1.82, 2.24) is 14.5 Å². The van der Waals surface area contributed by atoms with Gasteiger partial charge in [0.15, 0.2) is 5.00 Å². The van der Waals surface area contributed by atoms with Crippen LogP contribution in [0.4, 0.5) is 10.7 Å². The van der Waals surface area contributed by atoms with Gasteiger partial charge in [0.05, 0.1) is 17.1 Å². The first kappa shape index (κ1) is 20.0. The molecular formula is C16H13N5O7S. The molecule has 1 N–H and O–H groups in total. The minimum Gasteiger partial charge on any atom is -0.461 e. The molecule has 0 fully saturated rings. The molecule has 1 atom stereocenters. The number of imide groups is 1. The van der Waals surface area contributed by atoms with Crippen molar-refractivity contribution in [2.75, 3.05) is 11.9 Å². The van der Waals surface area contributed by atoms with E-state index >= 15 is 0 Å². The number of nitro benzene ring substituents is 1. The number of nitrogens with zero attached hydrogens (tertiary/aromatic N) is 4. The molecular weight excluding hydrogens is 406 g/mol. The van der Waals surface area contributed by atoms with Crippen LogP contribution in [0.25, 0.3) is 0 Å². The van der Waals surface area contributed by atoms with E-state index in [0.717, 1.165) is 6.07 Å². The van der Waals surface area contributed by atoms with Gasteiger partial charge in [-0.25, -0.2) is 4.79 Å². The number of aromatic nitrogens is 2. The Kier molecular flexibility index (Phi) is 5.32. The lowest BCUT2D eigenvalue weighted by molar-refractivity contribution is -0.385. The predicted molar refractivity (Wildman–Crippen MR) is 97.6 cm³/mol. The fourth-order valence-electron chi connectivity index (χ4n) is 2.73. The molecule has 150 valence electrons. The lowest BCUT2D eigenvalue weighted by Gasteiger charge is -2.21. The average Bonchev–Trinajstić information content (AvgIpc) is 3.24. The highest BCUT2D eigenvalue weighted by Crippen LogP contribution is 2.32. The lowest BCUT2D eigenvalue weighted by Crippen LogP contribution is -2.45. The summed E-state index contributed by atoms with van der Waals surface area (Å²) >= 11 is 0.716. The average molecular weight is 419 g/mol. The van der Waals surface area contributed by atoms with Crippen LogP contribution in [0.1, 0.15) is 45.1 Å². The van der Waals surface area contributed by atoms with Gasteiger partial charge in [-0.2, -0.15) is 0 Å². The number of nitrogens with one attached hydrogen (secondary N) is 1. The van der Waals surface area contributed by atoms with Crippen LogP contribution in [0.3, 0.4) is 0 Å². The molecule has 1 aromatic carbocycles. The molecule has 2 aromatic rings. The highest BCUT2D eigenvalue weighted by Gasteiger charge is 2.45. The largest absolute Gasteiger partial charge is 0.461 e. The quantitative estimate of drug-likeness (QED) is 0.314. The molecule has 2 heterocycles. The van der Waals surface area contributed by atoms with E-state index in [1.165, 1.54) is 19.1 Å². The molecule has 12 nitrogen and oxygen atoms in total. The fraction of sp³-hybridized carbons (Fsp3) is 0.250.